The van der Waals surface area contributed by atoms with Crippen molar-refractivity contribution in [2.75, 3.05) is 62.7 Å². The predicted octanol–water partition coefficient (Wildman–Crippen LogP) is 1.25. The maximum absolute atomic E-state index is 5.38. The first kappa shape index (κ1) is 11.8. The average Bonchev–Trinajstić information content (AvgIpc) is 2.46. The van der Waals surface area contributed by atoms with E-state index in [1.165, 1.54) is 11.4 Å². The molecule has 3 rings (SSSR count). The first-order valence-electron chi connectivity index (χ1n) is 6.81. The second-order valence-electron chi connectivity index (χ2n) is 4.88. The van der Waals surface area contributed by atoms with Gasteiger partial charge in [0.25, 0.3) is 0 Å². The molecule has 2 aliphatic rings. The molecule has 98 valence electrons. The summed E-state index contributed by atoms with van der Waals surface area (Å²) < 4.78 is 5.38. The predicted molar refractivity (Wildman–Crippen MR) is 74.4 cm³/mol. The van der Waals surface area contributed by atoms with Crippen molar-refractivity contribution >= 4 is 11.4 Å². The highest BCUT2D eigenvalue weighted by atomic mass is 16.5. The SMILES string of the molecule is c1ccc2c(c1)NCCN2CCN1CCOCC1. The number of rotatable bonds is 3. The summed E-state index contributed by atoms with van der Waals surface area (Å²) in [4.78, 5) is 4.98. The molecule has 4 nitrogen and oxygen atoms in total. The molecule has 1 N–H and O–H groups in total. The number of nitrogens with zero attached hydrogens (tertiary/aromatic N) is 2. The minimum absolute atomic E-state index is 0.887. The highest BCUT2D eigenvalue weighted by molar-refractivity contribution is 5.71. The van der Waals surface area contributed by atoms with Crippen molar-refractivity contribution in [1.82, 2.24) is 4.90 Å². The third-order valence-corrected chi connectivity index (χ3v) is 3.73. The third kappa shape index (κ3) is 2.60. The fourth-order valence-electron chi connectivity index (χ4n) is 2.66. The van der Waals surface area contributed by atoms with Crippen LogP contribution in [-0.2, 0) is 4.74 Å². The van der Waals surface area contributed by atoms with Gasteiger partial charge in [0.2, 0.25) is 0 Å². The van der Waals surface area contributed by atoms with Crippen LogP contribution in [0.2, 0.25) is 0 Å². The molecule has 0 radical (unpaired) electrons. The quantitative estimate of drug-likeness (QED) is 0.870. The molecule has 1 aromatic rings. The molecule has 0 spiro atoms. The Morgan fingerprint density at radius 1 is 1.06 bits per heavy atom. The Bertz CT molecular complexity index is 390. The van der Waals surface area contributed by atoms with E-state index < -0.39 is 0 Å². The summed E-state index contributed by atoms with van der Waals surface area (Å²) in [5.41, 5.74) is 2.61. The summed E-state index contributed by atoms with van der Waals surface area (Å²) in [7, 11) is 0. The van der Waals surface area contributed by atoms with E-state index in [2.05, 4.69) is 39.4 Å². The molecule has 2 heterocycles. The van der Waals surface area contributed by atoms with Crippen LogP contribution in [0.1, 0.15) is 0 Å². The molecule has 0 aromatic heterocycles. The Morgan fingerprint density at radius 2 is 1.89 bits per heavy atom. The number of hydrogen-bond acceptors (Lipinski definition) is 4. The van der Waals surface area contributed by atoms with Crippen molar-refractivity contribution in [3.63, 3.8) is 0 Å². The summed E-state index contributed by atoms with van der Waals surface area (Å²) in [6, 6.07) is 8.59. The summed E-state index contributed by atoms with van der Waals surface area (Å²) in [6.45, 7) is 8.32. The van der Waals surface area contributed by atoms with Gasteiger partial charge in [-0.05, 0) is 12.1 Å². The minimum Gasteiger partial charge on any atom is -0.382 e. The highest BCUT2D eigenvalue weighted by Gasteiger charge is 2.17. The Morgan fingerprint density at radius 3 is 2.78 bits per heavy atom. The van der Waals surface area contributed by atoms with Gasteiger partial charge in [-0.15, -0.1) is 0 Å². The molecule has 0 unspecified atom stereocenters. The first-order valence-corrected chi connectivity index (χ1v) is 6.81. The molecule has 0 amide bonds. The number of ether oxygens (including phenoxy) is 1. The van der Waals surface area contributed by atoms with Gasteiger partial charge in [0.05, 0.1) is 24.6 Å². The standard InChI is InChI=1S/C14H21N3O/c1-2-4-14-13(3-1)15-5-6-17(14)8-7-16-9-11-18-12-10-16/h1-4,15H,5-12H2. The van der Waals surface area contributed by atoms with Crippen LogP contribution in [0.4, 0.5) is 11.4 Å². The zero-order valence-electron chi connectivity index (χ0n) is 10.8. The summed E-state index contributed by atoms with van der Waals surface area (Å²) >= 11 is 0. The normalized spacial score (nSPS) is 20.3. The zero-order valence-corrected chi connectivity index (χ0v) is 10.8. The minimum atomic E-state index is 0.887. The van der Waals surface area contributed by atoms with Crippen molar-refractivity contribution < 1.29 is 4.74 Å². The van der Waals surface area contributed by atoms with E-state index in [0.717, 1.165) is 52.5 Å². The lowest BCUT2D eigenvalue weighted by Crippen LogP contribution is -2.43. The van der Waals surface area contributed by atoms with Gasteiger partial charge in [-0.1, -0.05) is 12.1 Å². The molecule has 1 fully saturated rings. The van der Waals surface area contributed by atoms with Crippen LogP contribution in [-0.4, -0.2) is 57.4 Å². The fourth-order valence-corrected chi connectivity index (χ4v) is 2.66. The second kappa shape index (κ2) is 5.59. The number of nitrogens with one attached hydrogen (secondary N) is 1. The lowest BCUT2D eigenvalue weighted by atomic mass is 10.2. The Kier molecular flexibility index (Phi) is 3.67. The van der Waals surface area contributed by atoms with E-state index >= 15 is 0 Å². The van der Waals surface area contributed by atoms with Crippen LogP contribution >= 0.6 is 0 Å². The molecular weight excluding hydrogens is 226 g/mol. The summed E-state index contributed by atoms with van der Waals surface area (Å²) in [5.74, 6) is 0. The first-order chi connectivity index (χ1) is 8.93. The van der Waals surface area contributed by atoms with Crippen molar-refractivity contribution in [3.8, 4) is 0 Å². The number of para-hydroxylation sites is 2. The van der Waals surface area contributed by atoms with Gasteiger partial charge in [-0.25, -0.2) is 0 Å². The second-order valence-corrected chi connectivity index (χ2v) is 4.88. The maximum Gasteiger partial charge on any atom is 0.0603 e. The molecular formula is C14H21N3O. The molecule has 0 aliphatic carbocycles. The largest absolute Gasteiger partial charge is 0.382 e. The molecule has 0 saturated carbocycles. The molecule has 4 heteroatoms. The third-order valence-electron chi connectivity index (χ3n) is 3.73. The molecule has 2 aliphatic heterocycles. The smallest absolute Gasteiger partial charge is 0.0603 e. The summed E-state index contributed by atoms with van der Waals surface area (Å²) in [5, 5.41) is 3.46. The molecule has 1 saturated heterocycles. The number of anilines is 2. The van der Waals surface area contributed by atoms with Crippen LogP contribution in [0.3, 0.4) is 0 Å². The van der Waals surface area contributed by atoms with Crippen LogP contribution in [0.15, 0.2) is 24.3 Å². The van der Waals surface area contributed by atoms with Crippen molar-refractivity contribution in [2.45, 2.75) is 0 Å². The zero-order chi connectivity index (χ0) is 12.2. The van der Waals surface area contributed by atoms with Crippen molar-refractivity contribution in [2.24, 2.45) is 0 Å². The monoisotopic (exact) mass is 247 g/mol. The average molecular weight is 247 g/mol. The number of fused-ring (bicyclic) bond motifs is 1. The maximum atomic E-state index is 5.38. The lowest BCUT2D eigenvalue weighted by molar-refractivity contribution is 0.0392. The van der Waals surface area contributed by atoms with E-state index in [4.69, 9.17) is 4.74 Å². The Balaban J connectivity index is 1.60. The number of benzene rings is 1. The van der Waals surface area contributed by atoms with Gasteiger partial charge in [-0.2, -0.15) is 0 Å². The Hall–Kier alpha value is -1.26. The van der Waals surface area contributed by atoms with E-state index in [9.17, 15) is 0 Å². The van der Waals surface area contributed by atoms with E-state index in [1.54, 1.807) is 0 Å². The van der Waals surface area contributed by atoms with E-state index in [-0.39, 0.29) is 0 Å². The van der Waals surface area contributed by atoms with Crippen LogP contribution in [0.25, 0.3) is 0 Å². The van der Waals surface area contributed by atoms with E-state index in [0.29, 0.717) is 0 Å². The number of morpholine rings is 1. The van der Waals surface area contributed by atoms with E-state index in [1.807, 2.05) is 0 Å². The fraction of sp³-hybridized carbons (Fsp3) is 0.571. The van der Waals surface area contributed by atoms with Gasteiger partial charge in [0, 0.05) is 39.3 Å². The van der Waals surface area contributed by atoms with Crippen LogP contribution in [0.5, 0.6) is 0 Å². The highest BCUT2D eigenvalue weighted by Crippen LogP contribution is 2.27. The van der Waals surface area contributed by atoms with Crippen molar-refractivity contribution in [3.05, 3.63) is 24.3 Å². The summed E-state index contributed by atoms with van der Waals surface area (Å²) in [6.07, 6.45) is 0. The molecule has 0 bridgehead atoms. The van der Waals surface area contributed by atoms with Gasteiger partial charge in [-0.3, -0.25) is 4.90 Å². The van der Waals surface area contributed by atoms with Crippen molar-refractivity contribution in [1.29, 1.82) is 0 Å². The molecule has 0 atom stereocenters. The lowest BCUT2D eigenvalue weighted by Gasteiger charge is -2.34. The number of hydrogen-bond donors (Lipinski definition) is 1. The molecule has 1 aromatic carbocycles. The van der Waals surface area contributed by atoms with Crippen LogP contribution < -0.4 is 10.2 Å². The van der Waals surface area contributed by atoms with Gasteiger partial charge < -0.3 is 15.0 Å². The molecule has 18 heavy (non-hydrogen) atoms. The van der Waals surface area contributed by atoms with Crippen LogP contribution in [0, 0.1) is 0 Å². The topological polar surface area (TPSA) is 27.7 Å². The van der Waals surface area contributed by atoms with Gasteiger partial charge in [0.1, 0.15) is 0 Å². The van der Waals surface area contributed by atoms with Gasteiger partial charge in [0.15, 0.2) is 0 Å². The Labute approximate surface area is 109 Å². The van der Waals surface area contributed by atoms with Gasteiger partial charge >= 0.3 is 0 Å².